The van der Waals surface area contributed by atoms with Gasteiger partial charge < -0.3 is 10.1 Å². The highest BCUT2D eigenvalue weighted by molar-refractivity contribution is 7.09. The van der Waals surface area contributed by atoms with E-state index in [1.807, 2.05) is 37.3 Å². The van der Waals surface area contributed by atoms with Crippen molar-refractivity contribution in [3.63, 3.8) is 0 Å². The summed E-state index contributed by atoms with van der Waals surface area (Å²) < 4.78 is 5.20. The summed E-state index contributed by atoms with van der Waals surface area (Å²) in [4.78, 5) is 4.46. The van der Waals surface area contributed by atoms with Crippen LogP contribution in [0.1, 0.15) is 23.7 Å². The van der Waals surface area contributed by atoms with Crippen LogP contribution in [0.25, 0.3) is 0 Å². The first-order valence-corrected chi connectivity index (χ1v) is 6.85. The number of thiazole rings is 1. The molecule has 0 aliphatic rings. The van der Waals surface area contributed by atoms with Gasteiger partial charge in [-0.25, -0.2) is 4.98 Å². The number of nitrogens with one attached hydrogen (secondary N) is 1. The molecule has 0 fully saturated rings. The van der Waals surface area contributed by atoms with E-state index in [0.717, 1.165) is 16.4 Å². The zero-order chi connectivity index (χ0) is 13.7. The van der Waals surface area contributed by atoms with Crippen LogP contribution in [-0.2, 0) is 0 Å². The maximum atomic E-state index is 8.44. The summed E-state index contributed by atoms with van der Waals surface area (Å²) in [6.45, 7) is 4.15. The molecule has 0 amide bonds. The van der Waals surface area contributed by atoms with Crippen molar-refractivity contribution < 1.29 is 4.74 Å². The summed E-state index contributed by atoms with van der Waals surface area (Å²) in [5.74, 6) is 0.698. The van der Waals surface area contributed by atoms with Gasteiger partial charge in [0.15, 0.2) is 6.61 Å². The predicted octanol–water partition coefficient (Wildman–Crippen LogP) is 3.53. The van der Waals surface area contributed by atoms with Crippen molar-refractivity contribution >= 4 is 17.0 Å². The zero-order valence-corrected chi connectivity index (χ0v) is 11.7. The van der Waals surface area contributed by atoms with Gasteiger partial charge in [-0.15, -0.1) is 11.3 Å². The predicted molar refractivity (Wildman–Crippen MR) is 76.4 cm³/mol. The molecule has 0 aliphatic heterocycles. The molecule has 0 bridgehead atoms. The number of anilines is 1. The van der Waals surface area contributed by atoms with Crippen LogP contribution in [0.3, 0.4) is 0 Å². The largest absolute Gasteiger partial charge is 0.479 e. The summed E-state index contributed by atoms with van der Waals surface area (Å²) >= 11 is 1.65. The second kappa shape index (κ2) is 6.21. The Kier molecular flexibility index (Phi) is 4.37. The molecule has 1 atom stereocenters. The maximum absolute atomic E-state index is 8.44. The molecule has 0 aliphatic carbocycles. The fourth-order valence-electron chi connectivity index (χ4n) is 1.67. The molecule has 1 aromatic carbocycles. The van der Waals surface area contributed by atoms with Crippen molar-refractivity contribution in [2.24, 2.45) is 0 Å². The molecule has 0 spiro atoms. The molecule has 0 radical (unpaired) electrons. The number of aromatic nitrogens is 1. The van der Waals surface area contributed by atoms with Crippen LogP contribution in [0.4, 0.5) is 5.69 Å². The summed E-state index contributed by atoms with van der Waals surface area (Å²) in [5, 5.41) is 15.0. The Morgan fingerprint density at radius 2 is 2.16 bits per heavy atom. The molecule has 1 unspecified atom stereocenters. The van der Waals surface area contributed by atoms with Crippen LogP contribution < -0.4 is 10.1 Å². The van der Waals surface area contributed by atoms with Crippen molar-refractivity contribution in [3.8, 4) is 11.8 Å². The molecule has 19 heavy (non-hydrogen) atoms. The molecule has 5 heteroatoms. The van der Waals surface area contributed by atoms with Crippen LogP contribution in [0.2, 0.25) is 0 Å². The molecule has 1 N–H and O–H groups in total. The minimum absolute atomic E-state index is 0.0707. The third-order valence-corrected chi connectivity index (χ3v) is 3.41. The summed E-state index contributed by atoms with van der Waals surface area (Å²) in [5.41, 5.74) is 2.05. The van der Waals surface area contributed by atoms with E-state index >= 15 is 0 Å². The van der Waals surface area contributed by atoms with Crippen molar-refractivity contribution in [1.29, 1.82) is 5.26 Å². The topological polar surface area (TPSA) is 57.9 Å². The van der Waals surface area contributed by atoms with E-state index in [0.29, 0.717) is 5.75 Å². The zero-order valence-electron chi connectivity index (χ0n) is 10.9. The van der Waals surface area contributed by atoms with Crippen LogP contribution >= 0.6 is 11.3 Å². The van der Waals surface area contributed by atoms with Gasteiger partial charge in [-0.3, -0.25) is 0 Å². The molecule has 0 saturated carbocycles. The van der Waals surface area contributed by atoms with Crippen molar-refractivity contribution in [2.75, 3.05) is 11.9 Å². The minimum atomic E-state index is 0.0707. The van der Waals surface area contributed by atoms with E-state index in [9.17, 15) is 0 Å². The third kappa shape index (κ3) is 3.70. The van der Waals surface area contributed by atoms with E-state index in [2.05, 4.69) is 22.6 Å². The fourth-order valence-corrected chi connectivity index (χ4v) is 2.37. The second-order valence-corrected chi connectivity index (χ2v) is 5.19. The Morgan fingerprint density at radius 3 is 2.74 bits per heavy atom. The second-order valence-electron chi connectivity index (χ2n) is 4.13. The number of ether oxygens (including phenoxy) is 1. The third-order valence-electron chi connectivity index (χ3n) is 2.62. The minimum Gasteiger partial charge on any atom is -0.479 e. The van der Waals surface area contributed by atoms with E-state index in [4.69, 9.17) is 10.00 Å². The lowest BCUT2D eigenvalue weighted by atomic mass is 10.2. The first-order valence-electron chi connectivity index (χ1n) is 5.97. The standard InChI is InChI=1S/C14H15N3OS/c1-10(14-9-19-11(2)17-14)16-12-3-5-13(6-4-12)18-8-7-15/h3-6,9-10,16H,8H2,1-2H3. The van der Waals surface area contributed by atoms with Gasteiger partial charge in [0.05, 0.1) is 16.7 Å². The Hall–Kier alpha value is -2.06. The Labute approximate surface area is 116 Å². The molecule has 1 heterocycles. The summed E-state index contributed by atoms with van der Waals surface area (Å²) in [6, 6.07) is 9.66. The number of rotatable bonds is 5. The van der Waals surface area contributed by atoms with Crippen molar-refractivity contribution in [1.82, 2.24) is 4.98 Å². The Bertz CT molecular complexity index is 571. The lowest BCUT2D eigenvalue weighted by Crippen LogP contribution is -2.06. The molecule has 98 valence electrons. The van der Waals surface area contributed by atoms with E-state index in [1.54, 1.807) is 11.3 Å². The van der Waals surface area contributed by atoms with Crippen LogP contribution in [0, 0.1) is 18.3 Å². The highest BCUT2D eigenvalue weighted by atomic mass is 32.1. The van der Waals surface area contributed by atoms with Gasteiger partial charge >= 0.3 is 0 Å². The number of nitrogens with zero attached hydrogens (tertiary/aromatic N) is 2. The lowest BCUT2D eigenvalue weighted by molar-refractivity contribution is 0.368. The molecule has 0 saturated heterocycles. The van der Waals surface area contributed by atoms with Gasteiger partial charge in [-0.2, -0.15) is 5.26 Å². The van der Waals surface area contributed by atoms with Crippen LogP contribution in [-0.4, -0.2) is 11.6 Å². The van der Waals surface area contributed by atoms with Gasteiger partial charge in [0.2, 0.25) is 0 Å². The average molecular weight is 273 g/mol. The summed E-state index contributed by atoms with van der Waals surface area (Å²) in [7, 11) is 0. The van der Waals surface area contributed by atoms with E-state index in [-0.39, 0.29) is 12.6 Å². The Morgan fingerprint density at radius 1 is 1.42 bits per heavy atom. The quantitative estimate of drug-likeness (QED) is 0.905. The molecule has 2 rings (SSSR count). The number of aryl methyl sites for hydroxylation is 1. The molecule has 1 aromatic heterocycles. The van der Waals surface area contributed by atoms with Crippen molar-refractivity contribution in [2.45, 2.75) is 19.9 Å². The highest BCUT2D eigenvalue weighted by Gasteiger charge is 2.08. The van der Waals surface area contributed by atoms with E-state index < -0.39 is 0 Å². The van der Waals surface area contributed by atoms with Crippen molar-refractivity contribution in [3.05, 3.63) is 40.3 Å². The molecular weight excluding hydrogens is 258 g/mol. The number of nitriles is 1. The van der Waals surface area contributed by atoms with Gasteiger partial charge in [0, 0.05) is 11.1 Å². The van der Waals surface area contributed by atoms with Gasteiger partial charge in [0.1, 0.15) is 11.8 Å². The number of hydrogen-bond donors (Lipinski definition) is 1. The number of hydrogen-bond acceptors (Lipinski definition) is 5. The summed E-state index contributed by atoms with van der Waals surface area (Å²) in [6.07, 6.45) is 0. The van der Waals surface area contributed by atoms with Gasteiger partial charge in [-0.05, 0) is 38.1 Å². The van der Waals surface area contributed by atoms with Gasteiger partial charge in [-0.1, -0.05) is 0 Å². The molecule has 4 nitrogen and oxygen atoms in total. The highest BCUT2D eigenvalue weighted by Crippen LogP contribution is 2.22. The molecular formula is C14H15N3OS. The lowest BCUT2D eigenvalue weighted by Gasteiger charge is -2.13. The SMILES string of the molecule is Cc1nc(C(C)Nc2ccc(OCC#N)cc2)cs1. The van der Waals surface area contributed by atoms with Crippen LogP contribution in [0.15, 0.2) is 29.6 Å². The fraction of sp³-hybridized carbons (Fsp3) is 0.286. The Balaban J connectivity index is 1.97. The maximum Gasteiger partial charge on any atom is 0.174 e. The number of benzene rings is 1. The monoisotopic (exact) mass is 273 g/mol. The average Bonchev–Trinajstić information content (AvgIpc) is 2.85. The van der Waals surface area contributed by atoms with Gasteiger partial charge in [0.25, 0.3) is 0 Å². The smallest absolute Gasteiger partial charge is 0.174 e. The first-order chi connectivity index (χ1) is 9.19. The first kappa shape index (κ1) is 13.4. The van der Waals surface area contributed by atoms with E-state index in [1.165, 1.54) is 0 Å². The normalized spacial score (nSPS) is 11.6. The van der Waals surface area contributed by atoms with Crippen LogP contribution in [0.5, 0.6) is 5.75 Å². The molecule has 2 aromatic rings.